The largest absolute Gasteiger partial charge is 0.352 e. The van der Waals surface area contributed by atoms with Crippen LogP contribution in [0.25, 0.3) is 0 Å². The number of benzene rings is 1. The highest BCUT2D eigenvalue weighted by molar-refractivity contribution is 7.15. The quantitative estimate of drug-likeness (QED) is 0.792. The third-order valence-electron chi connectivity index (χ3n) is 5.86. The van der Waals surface area contributed by atoms with Crippen molar-refractivity contribution in [3.05, 3.63) is 46.2 Å². The molecule has 6 nitrogen and oxygen atoms in total. The second-order valence-corrected chi connectivity index (χ2v) is 8.94. The van der Waals surface area contributed by atoms with E-state index >= 15 is 0 Å². The lowest BCUT2D eigenvalue weighted by atomic mass is 9.90. The smallest absolute Gasteiger partial charge is 0.223 e. The number of thiazole rings is 1. The van der Waals surface area contributed by atoms with E-state index in [2.05, 4.69) is 10.2 Å². The lowest BCUT2D eigenvalue weighted by molar-refractivity contribution is -0.131. The first-order chi connectivity index (χ1) is 14.5. The summed E-state index contributed by atoms with van der Waals surface area (Å²) in [4.78, 5) is 34.7. The topological polar surface area (TPSA) is 65.5 Å². The maximum Gasteiger partial charge on any atom is 0.223 e. The zero-order valence-corrected chi connectivity index (χ0v) is 18.0. The van der Waals surface area contributed by atoms with Gasteiger partial charge in [0.25, 0.3) is 0 Å². The average Bonchev–Trinajstić information content (AvgIpc) is 3.20. The third-order valence-corrected chi connectivity index (χ3v) is 7.04. The van der Waals surface area contributed by atoms with Crippen LogP contribution in [0.1, 0.15) is 35.9 Å². The van der Waals surface area contributed by atoms with Gasteiger partial charge in [0.15, 0.2) is 5.13 Å². The number of hydrogen-bond donors (Lipinski definition) is 1. The lowest BCUT2D eigenvalue weighted by Gasteiger charge is -2.34. The molecule has 1 atom stereocenters. The number of amides is 2. The van der Waals surface area contributed by atoms with Gasteiger partial charge < -0.3 is 15.1 Å². The van der Waals surface area contributed by atoms with Crippen LogP contribution in [0.15, 0.2) is 24.3 Å². The number of nitrogens with one attached hydrogen (secondary N) is 1. The van der Waals surface area contributed by atoms with Gasteiger partial charge in [0.1, 0.15) is 5.82 Å². The van der Waals surface area contributed by atoms with Crippen molar-refractivity contribution in [2.45, 2.75) is 39.2 Å². The maximum absolute atomic E-state index is 13.3. The summed E-state index contributed by atoms with van der Waals surface area (Å²) in [5, 5.41) is 3.95. The predicted molar refractivity (Wildman–Crippen MR) is 115 cm³/mol. The van der Waals surface area contributed by atoms with Gasteiger partial charge in [0, 0.05) is 49.9 Å². The number of carbonyl (C=O) groups is 2. The van der Waals surface area contributed by atoms with Crippen LogP contribution in [-0.2, 0) is 29.0 Å². The fraction of sp³-hybridized carbons (Fsp3) is 0.500. The molecule has 1 aliphatic heterocycles. The number of fused-ring (bicyclic) bond motifs is 1. The molecule has 2 aliphatic rings. The number of piperazine rings is 1. The van der Waals surface area contributed by atoms with Gasteiger partial charge in [0.2, 0.25) is 11.8 Å². The Hall–Kier alpha value is -2.48. The van der Waals surface area contributed by atoms with Crippen molar-refractivity contribution in [2.24, 2.45) is 5.92 Å². The zero-order valence-electron chi connectivity index (χ0n) is 17.2. The molecule has 1 aromatic carbocycles. The molecule has 0 bridgehead atoms. The summed E-state index contributed by atoms with van der Waals surface area (Å²) < 4.78 is 13.3. The van der Waals surface area contributed by atoms with Crippen molar-refractivity contribution in [1.82, 2.24) is 15.2 Å². The zero-order chi connectivity index (χ0) is 21.1. The molecular weight excluding hydrogens is 403 g/mol. The fourth-order valence-electron chi connectivity index (χ4n) is 4.07. The van der Waals surface area contributed by atoms with Crippen LogP contribution >= 0.6 is 11.3 Å². The van der Waals surface area contributed by atoms with Crippen LogP contribution in [0.4, 0.5) is 9.52 Å². The Kier molecular flexibility index (Phi) is 6.32. The van der Waals surface area contributed by atoms with E-state index in [0.29, 0.717) is 19.4 Å². The Balaban J connectivity index is 1.33. The van der Waals surface area contributed by atoms with E-state index in [1.807, 2.05) is 17.9 Å². The number of nitrogens with zero attached hydrogens (tertiary/aromatic N) is 3. The summed E-state index contributed by atoms with van der Waals surface area (Å²) in [5.74, 6) is -0.133. The summed E-state index contributed by atoms with van der Waals surface area (Å²) >= 11 is 1.68. The van der Waals surface area contributed by atoms with Gasteiger partial charge >= 0.3 is 0 Å². The first-order valence-corrected chi connectivity index (χ1v) is 11.4. The molecule has 1 saturated heterocycles. The number of rotatable bonds is 5. The Bertz CT molecular complexity index is 924. The van der Waals surface area contributed by atoms with E-state index in [-0.39, 0.29) is 23.5 Å². The Morgan fingerprint density at radius 2 is 2.07 bits per heavy atom. The molecule has 0 radical (unpaired) electrons. The van der Waals surface area contributed by atoms with Crippen molar-refractivity contribution in [1.29, 1.82) is 0 Å². The molecule has 4 rings (SSSR count). The number of hydrogen-bond acceptors (Lipinski definition) is 5. The van der Waals surface area contributed by atoms with E-state index in [9.17, 15) is 14.0 Å². The summed E-state index contributed by atoms with van der Waals surface area (Å²) in [6.07, 6.45) is 2.84. The van der Waals surface area contributed by atoms with Gasteiger partial charge in [-0.2, -0.15) is 0 Å². The molecule has 0 unspecified atom stereocenters. The molecule has 2 heterocycles. The molecule has 0 spiro atoms. The van der Waals surface area contributed by atoms with Crippen LogP contribution in [0.3, 0.4) is 0 Å². The average molecular weight is 431 g/mol. The van der Waals surface area contributed by atoms with Crippen molar-refractivity contribution in [2.75, 3.05) is 31.1 Å². The SMILES string of the molecule is CCC(=O)N1CCN(c2nc3c(s2)C[C@H](C(=O)NCc2cccc(F)c2)CC3)CC1. The molecular formula is C22H27FN4O2S. The second kappa shape index (κ2) is 9.12. The fourth-order valence-corrected chi connectivity index (χ4v) is 5.31. The number of carbonyl (C=O) groups excluding carboxylic acids is 2. The van der Waals surface area contributed by atoms with E-state index in [1.54, 1.807) is 17.4 Å². The monoisotopic (exact) mass is 430 g/mol. The molecule has 0 saturated carbocycles. The normalized spacial score (nSPS) is 18.8. The molecule has 1 aromatic heterocycles. The Morgan fingerprint density at radius 1 is 1.27 bits per heavy atom. The van der Waals surface area contributed by atoms with Crippen LogP contribution in [0.2, 0.25) is 0 Å². The van der Waals surface area contributed by atoms with Crippen LogP contribution < -0.4 is 10.2 Å². The van der Waals surface area contributed by atoms with E-state index in [1.165, 1.54) is 17.0 Å². The minimum atomic E-state index is -0.291. The highest BCUT2D eigenvalue weighted by Crippen LogP contribution is 2.34. The van der Waals surface area contributed by atoms with E-state index in [4.69, 9.17) is 4.98 Å². The van der Waals surface area contributed by atoms with E-state index in [0.717, 1.165) is 55.4 Å². The summed E-state index contributed by atoms with van der Waals surface area (Å²) in [6, 6.07) is 6.31. The van der Waals surface area contributed by atoms with Gasteiger partial charge in [-0.15, -0.1) is 11.3 Å². The van der Waals surface area contributed by atoms with Crippen molar-refractivity contribution in [3.8, 4) is 0 Å². The second-order valence-electron chi connectivity index (χ2n) is 7.88. The van der Waals surface area contributed by atoms with Crippen molar-refractivity contribution >= 4 is 28.3 Å². The maximum atomic E-state index is 13.3. The molecule has 8 heteroatoms. The van der Waals surface area contributed by atoms with Gasteiger partial charge in [-0.1, -0.05) is 19.1 Å². The lowest BCUT2D eigenvalue weighted by Crippen LogP contribution is -2.48. The highest BCUT2D eigenvalue weighted by atomic mass is 32.1. The third kappa shape index (κ3) is 4.64. The molecule has 1 N–H and O–H groups in total. The number of halogens is 1. The molecule has 2 aromatic rings. The van der Waals surface area contributed by atoms with Crippen molar-refractivity contribution in [3.63, 3.8) is 0 Å². The summed E-state index contributed by atoms with van der Waals surface area (Å²) in [5.41, 5.74) is 1.87. The first kappa shape index (κ1) is 20.8. The minimum absolute atomic E-state index is 0.0200. The summed E-state index contributed by atoms with van der Waals surface area (Å²) in [7, 11) is 0. The Morgan fingerprint density at radius 3 is 2.80 bits per heavy atom. The Labute approximate surface area is 180 Å². The minimum Gasteiger partial charge on any atom is -0.352 e. The number of aryl methyl sites for hydroxylation is 1. The van der Waals surface area contributed by atoms with Gasteiger partial charge in [-0.05, 0) is 37.0 Å². The molecule has 1 aliphatic carbocycles. The van der Waals surface area contributed by atoms with Crippen LogP contribution in [0, 0.1) is 11.7 Å². The summed E-state index contributed by atoms with van der Waals surface area (Å²) in [6.45, 7) is 5.32. The van der Waals surface area contributed by atoms with Crippen molar-refractivity contribution < 1.29 is 14.0 Å². The highest BCUT2D eigenvalue weighted by Gasteiger charge is 2.29. The van der Waals surface area contributed by atoms with Gasteiger partial charge in [-0.3, -0.25) is 9.59 Å². The van der Waals surface area contributed by atoms with Gasteiger partial charge in [0.05, 0.1) is 5.69 Å². The predicted octanol–water partition coefficient (Wildman–Crippen LogP) is 2.76. The number of anilines is 1. The van der Waals surface area contributed by atoms with Crippen LogP contribution in [0.5, 0.6) is 0 Å². The molecule has 2 amide bonds. The van der Waals surface area contributed by atoms with Gasteiger partial charge in [-0.25, -0.2) is 9.37 Å². The molecule has 1 fully saturated rings. The standard InChI is InChI=1S/C22H27FN4O2S/c1-2-20(28)26-8-10-27(11-9-26)22-25-18-7-6-16(13-19(18)30-22)21(29)24-14-15-4-3-5-17(23)12-15/h3-5,12,16H,2,6-11,13-14H2,1H3,(H,24,29)/t16-/m1/s1. The molecule has 30 heavy (non-hydrogen) atoms. The first-order valence-electron chi connectivity index (χ1n) is 10.6. The van der Waals surface area contributed by atoms with E-state index < -0.39 is 0 Å². The number of aromatic nitrogens is 1. The molecule has 160 valence electrons. The van der Waals surface area contributed by atoms with Crippen LogP contribution in [-0.4, -0.2) is 47.9 Å².